The first-order valence-electron chi connectivity index (χ1n) is 6.31. The summed E-state index contributed by atoms with van der Waals surface area (Å²) in [6.07, 6.45) is -4.93. The molecule has 0 bridgehead atoms. The molecule has 2 rings (SSSR count). The zero-order chi connectivity index (χ0) is 15.6. The molecule has 21 heavy (non-hydrogen) atoms. The van der Waals surface area contributed by atoms with E-state index >= 15 is 0 Å². The van der Waals surface area contributed by atoms with E-state index in [9.17, 15) is 18.0 Å². The van der Waals surface area contributed by atoms with Gasteiger partial charge >= 0.3 is 6.18 Å². The van der Waals surface area contributed by atoms with Crippen molar-refractivity contribution in [1.82, 2.24) is 5.32 Å². The van der Waals surface area contributed by atoms with Crippen LogP contribution in [0.25, 0.3) is 0 Å². The number of hydrogen-bond donors (Lipinski definition) is 2. The van der Waals surface area contributed by atoms with Crippen LogP contribution >= 0.6 is 11.6 Å². The van der Waals surface area contributed by atoms with Gasteiger partial charge in [0.25, 0.3) is 0 Å². The molecule has 4 nitrogen and oxygen atoms in total. The second kappa shape index (κ2) is 6.21. The van der Waals surface area contributed by atoms with E-state index < -0.39 is 28.7 Å². The normalized spacial score (nSPS) is 22.9. The van der Waals surface area contributed by atoms with Gasteiger partial charge in [0.05, 0.1) is 23.3 Å². The zero-order valence-electron chi connectivity index (χ0n) is 11.1. The first kappa shape index (κ1) is 16.1. The van der Waals surface area contributed by atoms with Crippen molar-refractivity contribution in [3.63, 3.8) is 0 Å². The van der Waals surface area contributed by atoms with Gasteiger partial charge < -0.3 is 15.4 Å². The van der Waals surface area contributed by atoms with E-state index in [-0.39, 0.29) is 11.8 Å². The maximum atomic E-state index is 12.8. The minimum absolute atomic E-state index is 0.0382. The molecule has 1 aromatic rings. The highest BCUT2D eigenvalue weighted by Crippen LogP contribution is 2.36. The first-order chi connectivity index (χ1) is 9.79. The molecule has 1 saturated heterocycles. The van der Waals surface area contributed by atoms with Gasteiger partial charge in [-0.05, 0) is 25.1 Å². The fourth-order valence-electron chi connectivity index (χ4n) is 2.07. The summed E-state index contributed by atoms with van der Waals surface area (Å²) >= 11 is 5.52. The van der Waals surface area contributed by atoms with E-state index in [1.54, 1.807) is 6.92 Å². The lowest BCUT2D eigenvalue weighted by Crippen LogP contribution is -2.53. The first-order valence-corrected chi connectivity index (χ1v) is 6.69. The van der Waals surface area contributed by atoms with E-state index in [4.69, 9.17) is 16.3 Å². The summed E-state index contributed by atoms with van der Waals surface area (Å²) in [5.74, 6) is -0.447. The van der Waals surface area contributed by atoms with Crippen LogP contribution < -0.4 is 10.6 Å². The lowest BCUT2D eigenvalue weighted by atomic mass is 10.1. The van der Waals surface area contributed by atoms with Crippen molar-refractivity contribution in [2.75, 3.05) is 18.5 Å². The molecule has 1 aliphatic heterocycles. The Morgan fingerprint density at radius 3 is 2.81 bits per heavy atom. The van der Waals surface area contributed by atoms with Gasteiger partial charge in [0, 0.05) is 12.2 Å². The Hall–Kier alpha value is -1.31. The summed E-state index contributed by atoms with van der Waals surface area (Å²) in [4.78, 5) is 12.1. The Kier molecular flexibility index (Phi) is 4.75. The lowest BCUT2D eigenvalue weighted by Gasteiger charge is -2.29. The predicted octanol–water partition coefficient (Wildman–Crippen LogP) is 2.67. The standard InChI is InChI=1S/C13H14ClF3N2O2/c1-7-11(18-4-5-21-7)12(20)19-8-2-3-10(14)9(6-8)13(15,16)17/h2-3,6-7,11,18H,4-5H2,1H3,(H,19,20)/t7-,11+/m1/s1. The van der Waals surface area contributed by atoms with Gasteiger partial charge in [-0.25, -0.2) is 0 Å². The molecule has 1 aliphatic rings. The van der Waals surface area contributed by atoms with Gasteiger partial charge in [0.2, 0.25) is 5.91 Å². The summed E-state index contributed by atoms with van der Waals surface area (Å²) in [6.45, 7) is 2.72. The number of morpholine rings is 1. The number of halogens is 4. The quantitative estimate of drug-likeness (QED) is 0.880. The van der Waals surface area contributed by atoms with Crippen LogP contribution in [0.15, 0.2) is 18.2 Å². The van der Waals surface area contributed by atoms with Crippen molar-refractivity contribution in [3.8, 4) is 0 Å². The molecule has 1 heterocycles. The molecule has 8 heteroatoms. The number of carbonyl (C=O) groups is 1. The molecule has 2 atom stereocenters. The number of alkyl halides is 3. The van der Waals surface area contributed by atoms with E-state index in [1.807, 2.05) is 0 Å². The van der Waals surface area contributed by atoms with Crippen LogP contribution in [-0.2, 0) is 15.7 Å². The summed E-state index contributed by atoms with van der Waals surface area (Å²) in [6, 6.07) is 2.64. The number of anilines is 1. The molecule has 1 aromatic carbocycles. The predicted molar refractivity (Wildman–Crippen MR) is 72.3 cm³/mol. The number of ether oxygens (including phenoxy) is 1. The minimum Gasteiger partial charge on any atom is -0.375 e. The van der Waals surface area contributed by atoms with Crippen molar-refractivity contribution in [2.45, 2.75) is 25.2 Å². The van der Waals surface area contributed by atoms with Gasteiger partial charge in [0.1, 0.15) is 6.04 Å². The van der Waals surface area contributed by atoms with Crippen LogP contribution in [0.4, 0.5) is 18.9 Å². The maximum Gasteiger partial charge on any atom is 0.417 e. The highest BCUT2D eigenvalue weighted by Gasteiger charge is 2.34. The van der Waals surface area contributed by atoms with Crippen LogP contribution in [-0.4, -0.2) is 31.2 Å². The summed E-state index contributed by atoms with van der Waals surface area (Å²) in [5.41, 5.74) is -0.945. The molecule has 0 radical (unpaired) electrons. The number of rotatable bonds is 2. The number of amides is 1. The van der Waals surface area contributed by atoms with E-state index in [2.05, 4.69) is 10.6 Å². The lowest BCUT2D eigenvalue weighted by molar-refractivity contribution is -0.137. The van der Waals surface area contributed by atoms with E-state index in [0.29, 0.717) is 13.2 Å². The van der Waals surface area contributed by atoms with Gasteiger partial charge in [-0.15, -0.1) is 0 Å². The van der Waals surface area contributed by atoms with Crippen LogP contribution in [0.3, 0.4) is 0 Å². The van der Waals surface area contributed by atoms with Crippen molar-refractivity contribution in [1.29, 1.82) is 0 Å². The second-order valence-corrected chi connectivity index (χ2v) is 5.10. The fourth-order valence-corrected chi connectivity index (χ4v) is 2.29. The fraction of sp³-hybridized carbons (Fsp3) is 0.462. The van der Waals surface area contributed by atoms with Gasteiger partial charge in [-0.2, -0.15) is 13.2 Å². The number of nitrogens with one attached hydrogen (secondary N) is 2. The monoisotopic (exact) mass is 322 g/mol. The largest absolute Gasteiger partial charge is 0.417 e. The average molecular weight is 323 g/mol. The molecule has 2 N–H and O–H groups in total. The Morgan fingerprint density at radius 1 is 1.48 bits per heavy atom. The molecular formula is C13H14ClF3N2O2. The van der Waals surface area contributed by atoms with Crippen molar-refractivity contribution in [3.05, 3.63) is 28.8 Å². The van der Waals surface area contributed by atoms with Crippen LogP contribution in [0, 0.1) is 0 Å². The van der Waals surface area contributed by atoms with Crippen molar-refractivity contribution < 1.29 is 22.7 Å². The van der Waals surface area contributed by atoms with Crippen molar-refractivity contribution in [2.24, 2.45) is 0 Å². The molecule has 0 unspecified atom stereocenters. The average Bonchev–Trinajstić information content (AvgIpc) is 2.40. The molecule has 0 aliphatic carbocycles. The zero-order valence-corrected chi connectivity index (χ0v) is 11.9. The Balaban J connectivity index is 2.14. The number of benzene rings is 1. The second-order valence-electron chi connectivity index (χ2n) is 4.69. The van der Waals surface area contributed by atoms with Gasteiger partial charge in [-0.1, -0.05) is 11.6 Å². The topological polar surface area (TPSA) is 50.4 Å². The third kappa shape index (κ3) is 3.87. The smallest absolute Gasteiger partial charge is 0.375 e. The van der Waals surface area contributed by atoms with E-state index in [1.165, 1.54) is 6.07 Å². The highest BCUT2D eigenvalue weighted by atomic mass is 35.5. The van der Waals surface area contributed by atoms with Crippen molar-refractivity contribution >= 4 is 23.2 Å². The highest BCUT2D eigenvalue weighted by molar-refractivity contribution is 6.31. The summed E-state index contributed by atoms with van der Waals surface area (Å²) < 4.78 is 43.6. The van der Waals surface area contributed by atoms with Crippen LogP contribution in [0.2, 0.25) is 5.02 Å². The van der Waals surface area contributed by atoms with Gasteiger partial charge in [-0.3, -0.25) is 4.79 Å². The minimum atomic E-state index is -4.57. The van der Waals surface area contributed by atoms with E-state index in [0.717, 1.165) is 12.1 Å². The molecule has 0 saturated carbocycles. The third-order valence-electron chi connectivity index (χ3n) is 3.14. The number of hydrogen-bond acceptors (Lipinski definition) is 3. The summed E-state index contributed by atoms with van der Waals surface area (Å²) in [7, 11) is 0. The third-order valence-corrected chi connectivity index (χ3v) is 3.47. The number of carbonyl (C=O) groups excluding carboxylic acids is 1. The van der Waals surface area contributed by atoms with Gasteiger partial charge in [0.15, 0.2) is 0 Å². The molecule has 116 valence electrons. The molecule has 1 amide bonds. The Labute approximate surface area is 124 Å². The molecule has 1 fully saturated rings. The van der Waals surface area contributed by atoms with Crippen LogP contribution in [0.1, 0.15) is 12.5 Å². The molecular weight excluding hydrogens is 309 g/mol. The molecule has 0 aromatic heterocycles. The Bertz CT molecular complexity index is 537. The Morgan fingerprint density at radius 2 is 2.19 bits per heavy atom. The van der Waals surface area contributed by atoms with Crippen LogP contribution in [0.5, 0.6) is 0 Å². The summed E-state index contributed by atoms with van der Waals surface area (Å²) in [5, 5.41) is 4.99. The maximum absolute atomic E-state index is 12.8. The molecule has 0 spiro atoms. The SMILES string of the molecule is C[C@H]1OCCN[C@@H]1C(=O)Nc1ccc(Cl)c(C(F)(F)F)c1.